The largest absolute Gasteiger partial charge is 0.484 e. The van der Waals surface area contributed by atoms with E-state index in [9.17, 15) is 4.79 Å². The molecule has 3 rings (SSSR count). The molecule has 5 nitrogen and oxygen atoms in total. The van der Waals surface area contributed by atoms with E-state index in [0.29, 0.717) is 12.3 Å². The van der Waals surface area contributed by atoms with E-state index in [2.05, 4.69) is 22.5 Å². The first-order chi connectivity index (χ1) is 12.1. The van der Waals surface area contributed by atoms with Crippen molar-refractivity contribution in [2.24, 2.45) is 0 Å². The van der Waals surface area contributed by atoms with Gasteiger partial charge < -0.3 is 10.1 Å². The summed E-state index contributed by atoms with van der Waals surface area (Å²) in [4.78, 5) is 11.9. The van der Waals surface area contributed by atoms with Crippen LogP contribution >= 0.6 is 0 Å². The lowest BCUT2D eigenvalue weighted by atomic mass is 10.1. The van der Waals surface area contributed by atoms with E-state index in [0.717, 1.165) is 35.1 Å². The fourth-order valence-electron chi connectivity index (χ4n) is 2.82. The van der Waals surface area contributed by atoms with Crippen LogP contribution in [0, 0.1) is 13.8 Å². The molecule has 25 heavy (non-hydrogen) atoms. The fourth-order valence-corrected chi connectivity index (χ4v) is 2.82. The van der Waals surface area contributed by atoms with Crippen molar-refractivity contribution in [1.29, 1.82) is 0 Å². The monoisotopic (exact) mass is 337 g/mol. The minimum absolute atomic E-state index is 0.0260. The molecule has 130 valence electrons. The lowest BCUT2D eigenvalue weighted by Crippen LogP contribution is -2.30. The van der Waals surface area contributed by atoms with E-state index >= 15 is 0 Å². The smallest absolute Gasteiger partial charge is 0.257 e. The van der Waals surface area contributed by atoms with Gasteiger partial charge in [0.1, 0.15) is 5.75 Å². The number of amides is 1. The predicted octanol–water partition coefficient (Wildman–Crippen LogP) is 3.24. The van der Waals surface area contributed by atoms with Crippen LogP contribution < -0.4 is 10.1 Å². The van der Waals surface area contributed by atoms with Crippen LogP contribution in [-0.2, 0) is 11.3 Å². The van der Waals surface area contributed by atoms with E-state index in [1.54, 1.807) is 0 Å². The second kappa shape index (κ2) is 7.83. The number of nitrogens with zero attached hydrogens (tertiary/aromatic N) is 2. The summed E-state index contributed by atoms with van der Waals surface area (Å²) < 4.78 is 7.55. The van der Waals surface area contributed by atoms with Crippen LogP contribution in [-0.4, -0.2) is 28.8 Å². The normalized spacial score (nSPS) is 10.8. The lowest BCUT2D eigenvalue weighted by Gasteiger charge is -2.09. The molecule has 0 spiro atoms. The number of nitrogens with one attached hydrogen (secondary N) is 1. The minimum atomic E-state index is -0.110. The number of benzene rings is 2. The third kappa shape index (κ3) is 4.59. The Bertz CT molecular complexity index is 870. The number of aryl methyl sites for hydroxylation is 3. The molecule has 0 bridgehead atoms. The maximum Gasteiger partial charge on any atom is 0.257 e. The Hall–Kier alpha value is -2.82. The number of aromatic nitrogens is 2. The summed E-state index contributed by atoms with van der Waals surface area (Å²) in [5.74, 6) is 0.595. The molecule has 0 saturated heterocycles. The van der Waals surface area contributed by atoms with Gasteiger partial charge in [-0.1, -0.05) is 30.3 Å². The Morgan fingerprint density at radius 1 is 1.12 bits per heavy atom. The molecular formula is C20H23N3O2. The Labute approximate surface area is 147 Å². The molecule has 1 N–H and O–H groups in total. The first-order valence-corrected chi connectivity index (χ1v) is 8.51. The molecular weight excluding hydrogens is 314 g/mol. The summed E-state index contributed by atoms with van der Waals surface area (Å²) in [5, 5.41) is 9.55. The van der Waals surface area contributed by atoms with Gasteiger partial charge in [0, 0.05) is 18.8 Å². The Morgan fingerprint density at radius 2 is 1.92 bits per heavy atom. The average molecular weight is 337 g/mol. The van der Waals surface area contributed by atoms with Crippen molar-refractivity contribution in [3.63, 3.8) is 0 Å². The number of fused-ring (bicyclic) bond motifs is 1. The number of ether oxygens (including phenoxy) is 1. The molecule has 0 fully saturated rings. The van der Waals surface area contributed by atoms with Crippen LogP contribution in [0.4, 0.5) is 0 Å². The number of rotatable bonds is 7. The van der Waals surface area contributed by atoms with Crippen LogP contribution in [0.15, 0.2) is 48.5 Å². The molecule has 0 aliphatic rings. The zero-order chi connectivity index (χ0) is 17.6. The third-order valence-corrected chi connectivity index (χ3v) is 4.06. The maximum atomic E-state index is 11.9. The fraction of sp³-hybridized carbons (Fsp3) is 0.300. The number of hydrogen-bond donors (Lipinski definition) is 1. The molecule has 0 aliphatic heterocycles. The van der Waals surface area contributed by atoms with Gasteiger partial charge in [0.2, 0.25) is 0 Å². The van der Waals surface area contributed by atoms with Gasteiger partial charge in [-0.15, -0.1) is 0 Å². The molecule has 0 unspecified atom stereocenters. The Balaban J connectivity index is 1.40. The molecule has 2 aromatic carbocycles. The van der Waals surface area contributed by atoms with E-state index in [-0.39, 0.29) is 12.5 Å². The van der Waals surface area contributed by atoms with Gasteiger partial charge in [0.05, 0.1) is 5.69 Å². The van der Waals surface area contributed by atoms with Gasteiger partial charge in [-0.3, -0.25) is 9.48 Å². The van der Waals surface area contributed by atoms with Crippen LogP contribution in [0.3, 0.4) is 0 Å². The van der Waals surface area contributed by atoms with Crippen LogP contribution in [0.1, 0.15) is 17.8 Å². The van der Waals surface area contributed by atoms with Crippen molar-refractivity contribution in [3.05, 3.63) is 59.9 Å². The van der Waals surface area contributed by atoms with Crippen LogP contribution in [0.5, 0.6) is 5.75 Å². The molecule has 3 aromatic rings. The Kier molecular flexibility index (Phi) is 5.33. The lowest BCUT2D eigenvalue weighted by molar-refractivity contribution is -0.123. The first-order valence-electron chi connectivity index (χ1n) is 8.51. The summed E-state index contributed by atoms with van der Waals surface area (Å²) in [6.07, 6.45) is 0.837. The van der Waals surface area contributed by atoms with E-state index < -0.39 is 0 Å². The summed E-state index contributed by atoms with van der Waals surface area (Å²) in [6, 6.07) is 16.0. The molecule has 0 saturated carbocycles. The van der Waals surface area contributed by atoms with Crippen molar-refractivity contribution in [2.45, 2.75) is 26.8 Å². The maximum absolute atomic E-state index is 11.9. The molecule has 0 radical (unpaired) electrons. The van der Waals surface area contributed by atoms with Crippen molar-refractivity contribution in [3.8, 4) is 5.75 Å². The average Bonchev–Trinajstić information content (AvgIpc) is 2.94. The summed E-state index contributed by atoms with van der Waals surface area (Å²) in [5.41, 5.74) is 2.16. The second-order valence-electron chi connectivity index (χ2n) is 6.15. The van der Waals surface area contributed by atoms with Gasteiger partial charge in [-0.05, 0) is 49.2 Å². The second-order valence-corrected chi connectivity index (χ2v) is 6.15. The Morgan fingerprint density at radius 3 is 2.68 bits per heavy atom. The van der Waals surface area contributed by atoms with E-state index in [4.69, 9.17) is 4.74 Å². The molecule has 0 atom stereocenters. The summed E-state index contributed by atoms with van der Waals surface area (Å²) in [6.45, 7) is 5.45. The van der Waals surface area contributed by atoms with Gasteiger partial charge in [0.15, 0.2) is 6.61 Å². The van der Waals surface area contributed by atoms with Crippen molar-refractivity contribution in [1.82, 2.24) is 15.1 Å². The van der Waals surface area contributed by atoms with Crippen molar-refractivity contribution >= 4 is 16.7 Å². The first kappa shape index (κ1) is 17.0. The van der Waals surface area contributed by atoms with Crippen molar-refractivity contribution < 1.29 is 9.53 Å². The van der Waals surface area contributed by atoms with Gasteiger partial charge in [-0.2, -0.15) is 5.10 Å². The quantitative estimate of drug-likeness (QED) is 0.674. The van der Waals surface area contributed by atoms with E-state index in [1.165, 1.54) is 0 Å². The zero-order valence-corrected chi connectivity index (χ0v) is 14.7. The third-order valence-electron chi connectivity index (χ3n) is 4.06. The molecule has 1 amide bonds. The molecule has 0 aliphatic carbocycles. The topological polar surface area (TPSA) is 56.2 Å². The highest BCUT2D eigenvalue weighted by molar-refractivity contribution is 5.84. The van der Waals surface area contributed by atoms with Gasteiger partial charge in [-0.25, -0.2) is 0 Å². The van der Waals surface area contributed by atoms with Gasteiger partial charge >= 0.3 is 0 Å². The van der Waals surface area contributed by atoms with Gasteiger partial charge in [0.25, 0.3) is 5.91 Å². The predicted molar refractivity (Wildman–Crippen MR) is 98.8 cm³/mol. The standard InChI is InChI=1S/C20H23N3O2/c1-15-12-16(2)23(22-15)11-5-10-21-20(24)14-25-19-9-8-17-6-3-4-7-18(17)13-19/h3-4,6-9,12-13H,5,10-11,14H2,1-2H3,(H,21,24). The highest BCUT2D eigenvalue weighted by Crippen LogP contribution is 2.20. The van der Waals surface area contributed by atoms with E-state index in [1.807, 2.05) is 54.9 Å². The molecule has 5 heteroatoms. The zero-order valence-electron chi connectivity index (χ0n) is 14.7. The summed E-state index contributed by atoms with van der Waals surface area (Å²) >= 11 is 0. The van der Waals surface area contributed by atoms with Crippen LogP contribution in [0.25, 0.3) is 10.8 Å². The van der Waals surface area contributed by atoms with Crippen LogP contribution in [0.2, 0.25) is 0 Å². The minimum Gasteiger partial charge on any atom is -0.484 e. The molecule has 1 heterocycles. The number of hydrogen-bond acceptors (Lipinski definition) is 3. The van der Waals surface area contributed by atoms with Crippen molar-refractivity contribution in [2.75, 3.05) is 13.2 Å². The SMILES string of the molecule is Cc1cc(C)n(CCCNC(=O)COc2ccc3ccccc3c2)n1. The highest BCUT2D eigenvalue weighted by atomic mass is 16.5. The highest BCUT2D eigenvalue weighted by Gasteiger charge is 2.04. The summed E-state index contributed by atoms with van der Waals surface area (Å²) in [7, 11) is 0. The number of carbonyl (C=O) groups is 1. The number of carbonyl (C=O) groups excluding carboxylic acids is 1. The molecule has 1 aromatic heterocycles.